The Hall–Kier alpha value is -1.39. The van der Waals surface area contributed by atoms with E-state index in [0.717, 1.165) is 27.2 Å². The van der Waals surface area contributed by atoms with E-state index in [1.807, 2.05) is 43.3 Å². The van der Waals surface area contributed by atoms with Crippen molar-refractivity contribution in [1.82, 2.24) is 0 Å². The summed E-state index contributed by atoms with van der Waals surface area (Å²) in [6.45, 7) is 3.24. The predicted octanol–water partition coefficient (Wildman–Crippen LogP) is 5.12. The van der Waals surface area contributed by atoms with E-state index in [1.165, 1.54) is 0 Å². The lowest BCUT2D eigenvalue weighted by Gasteiger charge is -2.12. The molecule has 0 aliphatic rings. The van der Waals surface area contributed by atoms with Crippen molar-refractivity contribution >= 4 is 33.2 Å². The van der Waals surface area contributed by atoms with Gasteiger partial charge in [-0.2, -0.15) is 0 Å². The standard InChI is InChI=1S/C16H17BrClNO2/c1-3-21-15-7-5-12(9-16(15)20-2)19-10-11-4-6-13(17)14(18)8-11/h4-9,19H,3,10H2,1-2H3. The maximum Gasteiger partial charge on any atom is 0.162 e. The minimum absolute atomic E-state index is 0.612. The van der Waals surface area contributed by atoms with Gasteiger partial charge in [0.15, 0.2) is 11.5 Å². The highest BCUT2D eigenvalue weighted by atomic mass is 79.9. The van der Waals surface area contributed by atoms with Gasteiger partial charge in [-0.05, 0) is 52.7 Å². The molecule has 0 bridgehead atoms. The third kappa shape index (κ3) is 4.29. The number of methoxy groups -OCH3 is 1. The Morgan fingerprint density at radius 3 is 2.62 bits per heavy atom. The van der Waals surface area contributed by atoms with Gasteiger partial charge in [-0.15, -0.1) is 0 Å². The molecule has 5 heteroatoms. The maximum absolute atomic E-state index is 6.09. The first kappa shape index (κ1) is 16.0. The second-order valence-corrected chi connectivity index (χ2v) is 5.66. The zero-order valence-electron chi connectivity index (χ0n) is 12.0. The van der Waals surface area contributed by atoms with Crippen LogP contribution in [0, 0.1) is 0 Å². The molecule has 2 rings (SSSR count). The minimum atomic E-state index is 0.612. The highest BCUT2D eigenvalue weighted by Crippen LogP contribution is 2.30. The topological polar surface area (TPSA) is 30.5 Å². The summed E-state index contributed by atoms with van der Waals surface area (Å²) in [5, 5.41) is 4.05. The van der Waals surface area contributed by atoms with E-state index in [2.05, 4.69) is 21.2 Å². The average molecular weight is 371 g/mol. The molecule has 0 atom stereocenters. The van der Waals surface area contributed by atoms with Crippen molar-refractivity contribution in [2.45, 2.75) is 13.5 Å². The molecule has 2 aromatic rings. The average Bonchev–Trinajstić information content (AvgIpc) is 2.49. The van der Waals surface area contributed by atoms with E-state index in [4.69, 9.17) is 21.1 Å². The molecule has 0 spiro atoms. The third-order valence-electron chi connectivity index (χ3n) is 2.94. The number of benzene rings is 2. The summed E-state index contributed by atoms with van der Waals surface area (Å²) in [4.78, 5) is 0. The van der Waals surface area contributed by atoms with Gasteiger partial charge in [0.25, 0.3) is 0 Å². The molecular formula is C16H17BrClNO2. The fraction of sp³-hybridized carbons (Fsp3) is 0.250. The van der Waals surface area contributed by atoms with Crippen LogP contribution in [0.5, 0.6) is 11.5 Å². The Morgan fingerprint density at radius 2 is 1.95 bits per heavy atom. The Bertz CT molecular complexity index is 619. The summed E-state index contributed by atoms with van der Waals surface area (Å²) in [5.41, 5.74) is 2.07. The molecule has 0 radical (unpaired) electrons. The summed E-state index contributed by atoms with van der Waals surface area (Å²) in [6, 6.07) is 11.7. The van der Waals surface area contributed by atoms with E-state index >= 15 is 0 Å². The number of nitrogens with one attached hydrogen (secondary N) is 1. The van der Waals surface area contributed by atoms with E-state index in [9.17, 15) is 0 Å². The van der Waals surface area contributed by atoms with Gasteiger partial charge in [0, 0.05) is 22.8 Å². The molecule has 3 nitrogen and oxygen atoms in total. The van der Waals surface area contributed by atoms with Crippen LogP contribution >= 0.6 is 27.5 Å². The number of ether oxygens (including phenoxy) is 2. The highest BCUT2D eigenvalue weighted by molar-refractivity contribution is 9.10. The predicted molar refractivity (Wildman–Crippen MR) is 90.6 cm³/mol. The van der Waals surface area contributed by atoms with E-state index in [-0.39, 0.29) is 0 Å². The largest absolute Gasteiger partial charge is 0.493 e. The number of rotatable bonds is 6. The van der Waals surface area contributed by atoms with Crippen molar-refractivity contribution in [3.8, 4) is 11.5 Å². The van der Waals surface area contributed by atoms with Crippen LogP contribution in [0.3, 0.4) is 0 Å². The molecule has 1 N–H and O–H groups in total. The Balaban J connectivity index is 2.07. The second kappa shape index (κ2) is 7.57. The fourth-order valence-electron chi connectivity index (χ4n) is 1.91. The maximum atomic E-state index is 6.09. The van der Waals surface area contributed by atoms with Crippen LogP contribution in [-0.2, 0) is 6.54 Å². The van der Waals surface area contributed by atoms with Crippen LogP contribution in [0.25, 0.3) is 0 Å². The minimum Gasteiger partial charge on any atom is -0.493 e. The fourth-order valence-corrected chi connectivity index (χ4v) is 2.36. The quantitative estimate of drug-likeness (QED) is 0.765. The summed E-state index contributed by atoms with van der Waals surface area (Å²) < 4.78 is 11.7. The Morgan fingerprint density at radius 1 is 1.14 bits per heavy atom. The van der Waals surface area contributed by atoms with Gasteiger partial charge in [0.1, 0.15) is 0 Å². The summed E-state index contributed by atoms with van der Waals surface area (Å²) in [6.07, 6.45) is 0. The molecule has 0 saturated carbocycles. The van der Waals surface area contributed by atoms with Crippen molar-refractivity contribution in [2.75, 3.05) is 19.0 Å². The number of hydrogen-bond acceptors (Lipinski definition) is 3. The SMILES string of the molecule is CCOc1ccc(NCc2ccc(Br)c(Cl)c2)cc1OC. The van der Waals surface area contributed by atoms with Crippen LogP contribution in [-0.4, -0.2) is 13.7 Å². The van der Waals surface area contributed by atoms with E-state index in [1.54, 1.807) is 7.11 Å². The monoisotopic (exact) mass is 369 g/mol. The van der Waals surface area contributed by atoms with Crippen LogP contribution in [0.1, 0.15) is 12.5 Å². The summed E-state index contributed by atoms with van der Waals surface area (Å²) in [7, 11) is 1.64. The number of hydrogen-bond donors (Lipinski definition) is 1. The first-order chi connectivity index (χ1) is 10.1. The van der Waals surface area contributed by atoms with Crippen molar-refractivity contribution in [1.29, 1.82) is 0 Å². The number of halogens is 2. The summed E-state index contributed by atoms with van der Waals surface area (Å²) >= 11 is 9.47. The van der Waals surface area contributed by atoms with Gasteiger partial charge in [-0.3, -0.25) is 0 Å². The van der Waals surface area contributed by atoms with Gasteiger partial charge in [-0.25, -0.2) is 0 Å². The first-order valence-electron chi connectivity index (χ1n) is 6.62. The first-order valence-corrected chi connectivity index (χ1v) is 7.79. The lowest BCUT2D eigenvalue weighted by Crippen LogP contribution is -2.01. The molecule has 0 aromatic heterocycles. The van der Waals surface area contributed by atoms with Crippen molar-refractivity contribution < 1.29 is 9.47 Å². The molecule has 0 heterocycles. The molecule has 21 heavy (non-hydrogen) atoms. The zero-order valence-corrected chi connectivity index (χ0v) is 14.3. The van der Waals surface area contributed by atoms with Gasteiger partial charge < -0.3 is 14.8 Å². The molecule has 0 unspecified atom stereocenters. The Kier molecular flexibility index (Phi) is 5.76. The third-order valence-corrected chi connectivity index (χ3v) is 4.18. The van der Waals surface area contributed by atoms with Crippen LogP contribution in [0.2, 0.25) is 5.02 Å². The van der Waals surface area contributed by atoms with Gasteiger partial charge in [0.2, 0.25) is 0 Å². The van der Waals surface area contributed by atoms with Crippen LogP contribution < -0.4 is 14.8 Å². The number of anilines is 1. The van der Waals surface area contributed by atoms with Crippen LogP contribution in [0.15, 0.2) is 40.9 Å². The highest BCUT2D eigenvalue weighted by Gasteiger charge is 2.05. The molecular weight excluding hydrogens is 354 g/mol. The molecule has 2 aromatic carbocycles. The second-order valence-electron chi connectivity index (χ2n) is 4.40. The normalized spacial score (nSPS) is 10.3. The molecule has 0 fully saturated rings. The molecule has 112 valence electrons. The lowest BCUT2D eigenvalue weighted by molar-refractivity contribution is 0.311. The van der Waals surface area contributed by atoms with Gasteiger partial charge >= 0.3 is 0 Å². The lowest BCUT2D eigenvalue weighted by atomic mass is 10.2. The van der Waals surface area contributed by atoms with Gasteiger partial charge in [-0.1, -0.05) is 17.7 Å². The Labute approximate surface area is 138 Å². The summed E-state index contributed by atoms with van der Waals surface area (Å²) in [5.74, 6) is 1.47. The van der Waals surface area contributed by atoms with E-state index < -0.39 is 0 Å². The van der Waals surface area contributed by atoms with Crippen molar-refractivity contribution in [3.63, 3.8) is 0 Å². The van der Waals surface area contributed by atoms with Crippen molar-refractivity contribution in [2.24, 2.45) is 0 Å². The van der Waals surface area contributed by atoms with Crippen LogP contribution in [0.4, 0.5) is 5.69 Å². The van der Waals surface area contributed by atoms with Crippen molar-refractivity contribution in [3.05, 3.63) is 51.5 Å². The molecule has 0 amide bonds. The van der Waals surface area contributed by atoms with E-state index in [0.29, 0.717) is 18.2 Å². The smallest absolute Gasteiger partial charge is 0.162 e. The zero-order chi connectivity index (χ0) is 15.2. The molecule has 0 aliphatic heterocycles. The van der Waals surface area contributed by atoms with Gasteiger partial charge in [0.05, 0.1) is 18.7 Å². The molecule has 0 aliphatic carbocycles. The molecule has 0 saturated heterocycles.